The molecule has 0 bridgehead atoms. The summed E-state index contributed by atoms with van der Waals surface area (Å²) in [5.74, 6) is -0.951. The minimum atomic E-state index is -2.73. The van der Waals surface area contributed by atoms with Gasteiger partial charge in [0, 0.05) is 38.1 Å². The highest BCUT2D eigenvalue weighted by Gasteiger charge is 2.24. The minimum absolute atomic E-state index is 0.157. The van der Waals surface area contributed by atoms with Crippen LogP contribution in [-0.2, 0) is 25.4 Å². The van der Waals surface area contributed by atoms with Gasteiger partial charge in [-0.1, -0.05) is 0 Å². The summed E-state index contributed by atoms with van der Waals surface area (Å²) in [4.78, 5) is 25.3. The number of carbonyl (C=O) groups is 2. The van der Waals surface area contributed by atoms with Crippen LogP contribution in [0.1, 0.15) is 46.8 Å². The second kappa shape index (κ2) is 8.43. The smallest absolute Gasteiger partial charge is 0.282 e. The van der Waals surface area contributed by atoms with Gasteiger partial charge in [-0.15, -0.1) is 0 Å². The number of nitrogens with zero attached hydrogens (tertiary/aromatic N) is 6. The van der Waals surface area contributed by atoms with E-state index in [-0.39, 0.29) is 17.9 Å². The molecule has 1 atom stereocenters. The molecule has 3 aromatic rings. The number of halogens is 2. The summed E-state index contributed by atoms with van der Waals surface area (Å²) in [6, 6.07) is 0.361. The highest BCUT2D eigenvalue weighted by molar-refractivity contribution is 6.03. The molecule has 0 saturated carbocycles. The van der Waals surface area contributed by atoms with E-state index in [0.717, 1.165) is 5.56 Å². The summed E-state index contributed by atoms with van der Waals surface area (Å²) >= 11 is 0. The topological polar surface area (TPSA) is 112 Å². The zero-order valence-corrected chi connectivity index (χ0v) is 16.9. The van der Waals surface area contributed by atoms with Gasteiger partial charge in [0.05, 0.1) is 18.1 Å². The Morgan fingerprint density at radius 3 is 2.53 bits per heavy atom. The van der Waals surface area contributed by atoms with Gasteiger partial charge >= 0.3 is 0 Å². The first-order valence-corrected chi connectivity index (χ1v) is 9.10. The van der Waals surface area contributed by atoms with Crippen molar-refractivity contribution in [3.05, 3.63) is 47.3 Å². The number of amides is 2. The van der Waals surface area contributed by atoms with Crippen molar-refractivity contribution in [2.45, 2.75) is 32.9 Å². The standard InChI is InChI=1S/C18H22F2N8O2/c1-10-5-13(16(19)20)25-28(10)11(2)17(29)24-14-8-23-27(4)15(14)18(30)21-6-12-7-22-26(3)9-12/h5,7-9,11,16H,6H2,1-4H3,(H,21,30)(H,24,29). The normalized spacial score (nSPS) is 12.2. The molecule has 2 amide bonds. The predicted octanol–water partition coefficient (Wildman–Crippen LogP) is 1.73. The fraction of sp³-hybridized carbons (Fsp3) is 0.389. The van der Waals surface area contributed by atoms with Gasteiger partial charge in [0.2, 0.25) is 5.91 Å². The number of hydrogen-bond donors (Lipinski definition) is 2. The van der Waals surface area contributed by atoms with Crippen LogP contribution < -0.4 is 10.6 Å². The van der Waals surface area contributed by atoms with Crippen molar-refractivity contribution in [2.24, 2.45) is 14.1 Å². The highest BCUT2D eigenvalue weighted by Crippen LogP contribution is 2.22. The van der Waals surface area contributed by atoms with Gasteiger partial charge in [-0.2, -0.15) is 15.3 Å². The van der Waals surface area contributed by atoms with Crippen LogP contribution in [0.4, 0.5) is 14.5 Å². The molecule has 2 N–H and O–H groups in total. The molecule has 3 rings (SSSR count). The van der Waals surface area contributed by atoms with Crippen LogP contribution in [0.3, 0.4) is 0 Å². The summed E-state index contributed by atoms with van der Waals surface area (Å²) in [6.07, 6.45) is 2.03. The van der Waals surface area contributed by atoms with Crippen LogP contribution in [-0.4, -0.2) is 41.2 Å². The Kier molecular flexibility index (Phi) is 5.94. The molecule has 0 radical (unpaired) electrons. The second-order valence-corrected chi connectivity index (χ2v) is 6.86. The van der Waals surface area contributed by atoms with E-state index >= 15 is 0 Å². The first-order valence-electron chi connectivity index (χ1n) is 9.10. The lowest BCUT2D eigenvalue weighted by Crippen LogP contribution is -2.29. The molecule has 0 fully saturated rings. The number of carbonyl (C=O) groups excluding carboxylic acids is 2. The zero-order valence-electron chi connectivity index (χ0n) is 16.9. The van der Waals surface area contributed by atoms with Crippen LogP contribution in [0.15, 0.2) is 24.7 Å². The number of alkyl halides is 2. The van der Waals surface area contributed by atoms with Crippen LogP contribution in [0, 0.1) is 6.92 Å². The maximum absolute atomic E-state index is 12.9. The lowest BCUT2D eigenvalue weighted by atomic mass is 10.2. The zero-order chi connectivity index (χ0) is 22.0. The van der Waals surface area contributed by atoms with E-state index in [0.29, 0.717) is 5.69 Å². The molecule has 3 aromatic heterocycles. The Bertz CT molecular complexity index is 1070. The largest absolute Gasteiger partial charge is 0.346 e. The summed E-state index contributed by atoms with van der Waals surface area (Å²) in [5, 5.41) is 17.2. The molecule has 1 unspecified atom stereocenters. The molecule has 30 heavy (non-hydrogen) atoms. The van der Waals surface area contributed by atoms with Crippen LogP contribution in [0.5, 0.6) is 0 Å². The maximum atomic E-state index is 12.9. The molecule has 3 heterocycles. The van der Waals surface area contributed by atoms with Gasteiger partial charge in [0.15, 0.2) is 0 Å². The van der Waals surface area contributed by atoms with Crippen LogP contribution in [0.25, 0.3) is 0 Å². The summed E-state index contributed by atoms with van der Waals surface area (Å²) < 4.78 is 29.9. The Hall–Kier alpha value is -3.57. The summed E-state index contributed by atoms with van der Waals surface area (Å²) in [6.45, 7) is 3.37. The molecule has 0 aliphatic carbocycles. The van der Waals surface area contributed by atoms with Gasteiger partial charge in [-0.05, 0) is 19.9 Å². The molecule has 0 saturated heterocycles. The lowest BCUT2D eigenvalue weighted by Gasteiger charge is -2.15. The number of anilines is 1. The molecule has 0 spiro atoms. The predicted molar refractivity (Wildman–Crippen MR) is 103 cm³/mol. The first-order chi connectivity index (χ1) is 14.2. The molecule has 0 aliphatic heterocycles. The van der Waals surface area contributed by atoms with Gasteiger partial charge in [-0.3, -0.25) is 23.6 Å². The number of nitrogens with one attached hydrogen (secondary N) is 2. The third-order valence-electron chi connectivity index (χ3n) is 4.53. The van der Waals surface area contributed by atoms with Gasteiger partial charge in [0.1, 0.15) is 17.4 Å². The van der Waals surface area contributed by atoms with Gasteiger partial charge in [0.25, 0.3) is 12.3 Å². The van der Waals surface area contributed by atoms with Crippen molar-refractivity contribution < 1.29 is 18.4 Å². The quantitative estimate of drug-likeness (QED) is 0.605. The number of aromatic nitrogens is 6. The molecular weight excluding hydrogens is 398 g/mol. The van der Waals surface area contributed by atoms with Crippen molar-refractivity contribution in [2.75, 3.05) is 5.32 Å². The van der Waals surface area contributed by atoms with Crippen LogP contribution >= 0.6 is 0 Å². The fourth-order valence-electron chi connectivity index (χ4n) is 2.99. The Morgan fingerprint density at radius 1 is 1.20 bits per heavy atom. The molecule has 0 aliphatic rings. The lowest BCUT2D eigenvalue weighted by molar-refractivity contribution is -0.119. The van der Waals surface area contributed by atoms with E-state index in [1.807, 2.05) is 0 Å². The Balaban J connectivity index is 1.72. The third-order valence-corrected chi connectivity index (χ3v) is 4.53. The molecular formula is C18H22F2N8O2. The van der Waals surface area contributed by atoms with Gasteiger partial charge < -0.3 is 10.6 Å². The number of aryl methyl sites for hydroxylation is 3. The molecule has 10 nitrogen and oxygen atoms in total. The van der Waals surface area contributed by atoms with E-state index in [1.54, 1.807) is 38.1 Å². The maximum Gasteiger partial charge on any atom is 0.282 e. The molecule has 160 valence electrons. The van der Waals surface area contributed by atoms with E-state index in [4.69, 9.17) is 0 Å². The second-order valence-electron chi connectivity index (χ2n) is 6.86. The highest BCUT2D eigenvalue weighted by atomic mass is 19.3. The van der Waals surface area contributed by atoms with E-state index in [9.17, 15) is 18.4 Å². The SMILES string of the molecule is Cc1cc(C(F)F)nn1C(C)C(=O)Nc1cnn(C)c1C(=O)NCc1cnn(C)c1. The van der Waals surface area contributed by atoms with Gasteiger partial charge in [-0.25, -0.2) is 8.78 Å². The minimum Gasteiger partial charge on any atom is -0.346 e. The fourth-order valence-corrected chi connectivity index (χ4v) is 2.99. The summed E-state index contributed by atoms with van der Waals surface area (Å²) in [7, 11) is 3.34. The molecule has 0 aromatic carbocycles. The van der Waals surface area contributed by atoms with Crippen molar-refractivity contribution in [3.63, 3.8) is 0 Å². The van der Waals surface area contributed by atoms with E-state index < -0.39 is 30.0 Å². The van der Waals surface area contributed by atoms with Crippen molar-refractivity contribution in [3.8, 4) is 0 Å². The van der Waals surface area contributed by atoms with Crippen molar-refractivity contribution >= 4 is 17.5 Å². The first kappa shape index (κ1) is 21.1. The van der Waals surface area contributed by atoms with Crippen molar-refractivity contribution in [1.29, 1.82) is 0 Å². The Labute approximate surface area is 170 Å². The average molecular weight is 420 g/mol. The number of rotatable bonds is 7. The van der Waals surface area contributed by atoms with E-state index in [1.165, 1.54) is 28.6 Å². The van der Waals surface area contributed by atoms with Crippen LogP contribution in [0.2, 0.25) is 0 Å². The number of hydrogen-bond acceptors (Lipinski definition) is 5. The van der Waals surface area contributed by atoms with Crippen molar-refractivity contribution in [1.82, 2.24) is 34.7 Å². The van der Waals surface area contributed by atoms with E-state index in [2.05, 4.69) is 25.9 Å². The third kappa shape index (κ3) is 4.36. The summed E-state index contributed by atoms with van der Waals surface area (Å²) in [5.41, 5.74) is 1.20. The average Bonchev–Trinajstić information content (AvgIpc) is 3.38. The Morgan fingerprint density at radius 2 is 1.93 bits per heavy atom. The molecule has 12 heteroatoms. The monoisotopic (exact) mass is 420 g/mol.